The molecule has 19 heavy (non-hydrogen) atoms. The van der Waals surface area contributed by atoms with Gasteiger partial charge in [0, 0.05) is 12.7 Å². The van der Waals surface area contributed by atoms with Crippen LogP contribution in [0.5, 0.6) is 0 Å². The maximum atomic E-state index is 12.0. The number of anilines is 1. The van der Waals surface area contributed by atoms with E-state index in [0.717, 1.165) is 16.7 Å². The number of nitrogens with one attached hydrogen (secondary N) is 1. The molecule has 0 bridgehead atoms. The quantitative estimate of drug-likeness (QED) is 0.878. The monoisotopic (exact) mass is 255 g/mol. The molecule has 0 atom stereocenters. The van der Waals surface area contributed by atoms with E-state index >= 15 is 0 Å². The molecule has 4 nitrogen and oxygen atoms in total. The lowest BCUT2D eigenvalue weighted by atomic mass is 10.0. The summed E-state index contributed by atoms with van der Waals surface area (Å²) < 4.78 is 0. The van der Waals surface area contributed by atoms with Crippen molar-refractivity contribution in [2.75, 3.05) is 5.32 Å². The van der Waals surface area contributed by atoms with Crippen LogP contribution in [0.15, 0.2) is 42.6 Å². The zero-order valence-corrected chi connectivity index (χ0v) is 10.9. The van der Waals surface area contributed by atoms with Crippen LogP contribution < -0.4 is 11.1 Å². The molecule has 0 aliphatic heterocycles. The molecule has 2 aromatic rings. The minimum atomic E-state index is -0.0808. The van der Waals surface area contributed by atoms with Crippen molar-refractivity contribution < 1.29 is 4.79 Å². The summed E-state index contributed by atoms with van der Waals surface area (Å²) in [6.45, 7) is 2.35. The van der Waals surface area contributed by atoms with Crippen LogP contribution in [0.3, 0.4) is 0 Å². The number of carbonyl (C=O) groups is 1. The van der Waals surface area contributed by atoms with E-state index in [1.165, 1.54) is 0 Å². The Bertz CT molecular complexity index is 581. The molecule has 4 heteroatoms. The normalized spacial score (nSPS) is 10.2. The van der Waals surface area contributed by atoms with Crippen LogP contribution in [0.1, 0.15) is 16.7 Å². The fourth-order valence-corrected chi connectivity index (χ4v) is 1.89. The third-order valence-corrected chi connectivity index (χ3v) is 2.96. The van der Waals surface area contributed by atoms with Crippen LogP contribution >= 0.6 is 0 Å². The molecule has 0 fully saturated rings. The van der Waals surface area contributed by atoms with Gasteiger partial charge in [0.15, 0.2) is 0 Å². The molecular formula is C15H17N3O. The SMILES string of the molecule is Cc1cccnc1NC(=O)Cc1ccccc1CN. The first kappa shape index (κ1) is 13.2. The molecule has 3 N–H and O–H groups in total. The van der Waals surface area contributed by atoms with E-state index in [9.17, 15) is 4.79 Å². The lowest BCUT2D eigenvalue weighted by Crippen LogP contribution is -2.17. The summed E-state index contributed by atoms with van der Waals surface area (Å²) in [5.74, 6) is 0.528. The van der Waals surface area contributed by atoms with Crippen LogP contribution in [-0.4, -0.2) is 10.9 Å². The van der Waals surface area contributed by atoms with E-state index in [1.54, 1.807) is 6.20 Å². The van der Waals surface area contributed by atoms with Crippen LogP contribution in [0.2, 0.25) is 0 Å². The second-order valence-electron chi connectivity index (χ2n) is 4.37. The molecular weight excluding hydrogens is 238 g/mol. The highest BCUT2D eigenvalue weighted by atomic mass is 16.1. The van der Waals surface area contributed by atoms with E-state index in [1.807, 2.05) is 43.3 Å². The topological polar surface area (TPSA) is 68.0 Å². The van der Waals surface area contributed by atoms with Gasteiger partial charge in [-0.3, -0.25) is 4.79 Å². The Labute approximate surface area is 112 Å². The maximum Gasteiger partial charge on any atom is 0.229 e. The Kier molecular flexibility index (Phi) is 4.26. The number of nitrogens with two attached hydrogens (primary N) is 1. The average molecular weight is 255 g/mol. The summed E-state index contributed by atoms with van der Waals surface area (Å²) in [6.07, 6.45) is 1.97. The third kappa shape index (κ3) is 3.39. The van der Waals surface area contributed by atoms with Crippen molar-refractivity contribution in [1.82, 2.24) is 4.98 Å². The maximum absolute atomic E-state index is 12.0. The molecule has 0 saturated carbocycles. The van der Waals surface area contributed by atoms with Gasteiger partial charge in [0.25, 0.3) is 0 Å². The number of carbonyl (C=O) groups excluding carboxylic acids is 1. The summed E-state index contributed by atoms with van der Waals surface area (Å²) in [5, 5.41) is 2.82. The Morgan fingerprint density at radius 1 is 1.21 bits per heavy atom. The van der Waals surface area contributed by atoms with E-state index < -0.39 is 0 Å². The minimum absolute atomic E-state index is 0.0808. The first-order valence-corrected chi connectivity index (χ1v) is 6.19. The predicted molar refractivity (Wildman–Crippen MR) is 75.6 cm³/mol. The number of nitrogens with zero attached hydrogens (tertiary/aromatic N) is 1. The number of hydrogen-bond donors (Lipinski definition) is 2. The summed E-state index contributed by atoms with van der Waals surface area (Å²) in [4.78, 5) is 16.2. The number of aryl methyl sites for hydroxylation is 1. The molecule has 0 unspecified atom stereocenters. The van der Waals surface area contributed by atoms with Crippen molar-refractivity contribution in [3.63, 3.8) is 0 Å². The molecule has 0 spiro atoms. The van der Waals surface area contributed by atoms with Gasteiger partial charge in [-0.05, 0) is 29.7 Å². The summed E-state index contributed by atoms with van der Waals surface area (Å²) in [5.41, 5.74) is 8.56. The highest BCUT2D eigenvalue weighted by Gasteiger charge is 2.08. The fraction of sp³-hybridized carbons (Fsp3) is 0.200. The average Bonchev–Trinajstić information content (AvgIpc) is 2.42. The van der Waals surface area contributed by atoms with Gasteiger partial charge in [-0.1, -0.05) is 30.3 Å². The highest BCUT2D eigenvalue weighted by molar-refractivity contribution is 5.92. The van der Waals surface area contributed by atoms with Crippen molar-refractivity contribution in [1.29, 1.82) is 0 Å². The first-order chi connectivity index (χ1) is 9.20. The molecule has 1 amide bonds. The number of rotatable bonds is 4. The highest BCUT2D eigenvalue weighted by Crippen LogP contribution is 2.12. The summed E-state index contributed by atoms with van der Waals surface area (Å²) in [7, 11) is 0. The van der Waals surface area contributed by atoms with Crippen molar-refractivity contribution in [3.05, 3.63) is 59.3 Å². The second kappa shape index (κ2) is 6.11. The number of amides is 1. The van der Waals surface area contributed by atoms with Gasteiger partial charge < -0.3 is 11.1 Å². The van der Waals surface area contributed by atoms with E-state index in [0.29, 0.717) is 18.8 Å². The van der Waals surface area contributed by atoms with Crippen LogP contribution in [0.25, 0.3) is 0 Å². The zero-order valence-electron chi connectivity index (χ0n) is 10.9. The van der Waals surface area contributed by atoms with Gasteiger partial charge in [-0.2, -0.15) is 0 Å². The number of pyridine rings is 1. The number of benzene rings is 1. The fourth-order valence-electron chi connectivity index (χ4n) is 1.89. The van der Waals surface area contributed by atoms with Crippen LogP contribution in [0.4, 0.5) is 5.82 Å². The van der Waals surface area contributed by atoms with Crippen molar-refractivity contribution in [3.8, 4) is 0 Å². The van der Waals surface area contributed by atoms with Gasteiger partial charge in [0.1, 0.15) is 5.82 Å². The van der Waals surface area contributed by atoms with Crippen LogP contribution in [0, 0.1) is 6.92 Å². The Hall–Kier alpha value is -2.20. The molecule has 1 heterocycles. The lowest BCUT2D eigenvalue weighted by Gasteiger charge is -2.09. The standard InChI is InChI=1S/C15H17N3O/c1-11-5-4-8-17-15(11)18-14(19)9-12-6-2-3-7-13(12)10-16/h2-8H,9-10,16H2,1H3,(H,17,18,19). The molecule has 0 aliphatic carbocycles. The van der Waals surface area contributed by atoms with E-state index in [4.69, 9.17) is 5.73 Å². The van der Waals surface area contributed by atoms with Gasteiger partial charge in [0.05, 0.1) is 6.42 Å². The Morgan fingerprint density at radius 2 is 1.95 bits per heavy atom. The summed E-state index contributed by atoms with van der Waals surface area (Å²) in [6, 6.07) is 11.5. The molecule has 1 aromatic heterocycles. The van der Waals surface area contributed by atoms with Crippen LogP contribution in [-0.2, 0) is 17.8 Å². The lowest BCUT2D eigenvalue weighted by molar-refractivity contribution is -0.115. The van der Waals surface area contributed by atoms with Gasteiger partial charge in [-0.15, -0.1) is 0 Å². The molecule has 1 aromatic carbocycles. The minimum Gasteiger partial charge on any atom is -0.326 e. The van der Waals surface area contributed by atoms with Gasteiger partial charge >= 0.3 is 0 Å². The molecule has 0 saturated heterocycles. The number of aromatic nitrogens is 1. The Balaban J connectivity index is 2.08. The van der Waals surface area contributed by atoms with Gasteiger partial charge in [0.2, 0.25) is 5.91 Å². The predicted octanol–water partition coefficient (Wildman–Crippen LogP) is 2.03. The van der Waals surface area contributed by atoms with Crippen molar-refractivity contribution >= 4 is 11.7 Å². The van der Waals surface area contributed by atoms with E-state index in [2.05, 4.69) is 10.3 Å². The summed E-state index contributed by atoms with van der Waals surface area (Å²) >= 11 is 0. The van der Waals surface area contributed by atoms with Gasteiger partial charge in [-0.25, -0.2) is 4.98 Å². The third-order valence-electron chi connectivity index (χ3n) is 2.96. The van der Waals surface area contributed by atoms with Crippen molar-refractivity contribution in [2.45, 2.75) is 19.9 Å². The molecule has 98 valence electrons. The number of hydrogen-bond acceptors (Lipinski definition) is 3. The smallest absolute Gasteiger partial charge is 0.229 e. The van der Waals surface area contributed by atoms with E-state index in [-0.39, 0.29) is 5.91 Å². The Morgan fingerprint density at radius 3 is 2.63 bits per heavy atom. The molecule has 2 rings (SSSR count). The largest absolute Gasteiger partial charge is 0.326 e. The molecule has 0 aliphatic rings. The zero-order chi connectivity index (χ0) is 13.7. The first-order valence-electron chi connectivity index (χ1n) is 6.19. The second-order valence-corrected chi connectivity index (χ2v) is 4.37. The van der Waals surface area contributed by atoms with Crippen molar-refractivity contribution in [2.24, 2.45) is 5.73 Å². The molecule has 0 radical (unpaired) electrons.